The Hall–Kier alpha value is -1.06. The van der Waals surface area contributed by atoms with E-state index < -0.39 is 0 Å². The topological polar surface area (TPSA) is 32.5 Å². The lowest BCUT2D eigenvalue weighted by Gasteiger charge is -2.35. The molecule has 2 rings (SSSR count). The maximum atomic E-state index is 5.77. The van der Waals surface area contributed by atoms with E-state index in [0.29, 0.717) is 6.04 Å². The summed E-state index contributed by atoms with van der Waals surface area (Å²) in [6, 6.07) is 9.66. The van der Waals surface area contributed by atoms with E-state index in [1.54, 1.807) is 0 Å². The van der Waals surface area contributed by atoms with E-state index in [0.717, 1.165) is 18.3 Å². The number of hydrogen-bond donors (Lipinski definition) is 1. The third kappa shape index (κ3) is 5.01. The Morgan fingerprint density at radius 2 is 1.95 bits per heavy atom. The van der Waals surface area contributed by atoms with Crippen molar-refractivity contribution in [3.63, 3.8) is 0 Å². The van der Waals surface area contributed by atoms with E-state index in [2.05, 4.69) is 42.8 Å². The fraction of sp³-hybridized carbons (Fsp3) is 0.667. The molecule has 0 saturated carbocycles. The molecular weight excluding hydrogens is 258 g/mol. The largest absolute Gasteiger partial charge is 0.399 e. The van der Waals surface area contributed by atoms with Gasteiger partial charge >= 0.3 is 0 Å². The highest BCUT2D eigenvalue weighted by Gasteiger charge is 2.20. The molecule has 2 N–H and O–H groups in total. The molecule has 1 aromatic carbocycles. The lowest BCUT2D eigenvalue weighted by molar-refractivity contribution is 0.138. The monoisotopic (exact) mass is 289 g/mol. The zero-order chi connectivity index (χ0) is 15.2. The third-order valence-electron chi connectivity index (χ3n) is 4.77. The highest BCUT2D eigenvalue weighted by molar-refractivity contribution is 5.39. The van der Waals surface area contributed by atoms with Crippen LogP contribution in [-0.4, -0.2) is 42.0 Å². The summed E-state index contributed by atoms with van der Waals surface area (Å²) in [5, 5.41) is 0. The van der Waals surface area contributed by atoms with E-state index in [1.165, 1.54) is 44.3 Å². The quantitative estimate of drug-likeness (QED) is 0.815. The van der Waals surface area contributed by atoms with Gasteiger partial charge in [-0.05, 0) is 64.4 Å². The minimum atomic E-state index is 0.580. The molecule has 0 aliphatic carbocycles. The Balaban J connectivity index is 1.88. The van der Waals surface area contributed by atoms with E-state index in [4.69, 9.17) is 5.73 Å². The number of nitrogens with two attached hydrogens (primary N) is 1. The number of likely N-dealkylation sites (tertiary alicyclic amines) is 1. The molecule has 1 aliphatic heterocycles. The first-order valence-electron chi connectivity index (χ1n) is 8.35. The van der Waals surface area contributed by atoms with Crippen LogP contribution in [0.5, 0.6) is 0 Å². The predicted octanol–water partition coefficient (Wildman–Crippen LogP) is 3.35. The van der Waals surface area contributed by atoms with Crippen LogP contribution < -0.4 is 5.73 Å². The van der Waals surface area contributed by atoms with Crippen molar-refractivity contribution in [3.8, 4) is 0 Å². The van der Waals surface area contributed by atoms with Gasteiger partial charge in [-0.1, -0.05) is 18.6 Å². The summed E-state index contributed by atoms with van der Waals surface area (Å²) in [4.78, 5) is 5.12. The Morgan fingerprint density at radius 1 is 1.24 bits per heavy atom. The van der Waals surface area contributed by atoms with Gasteiger partial charge in [-0.25, -0.2) is 0 Å². The van der Waals surface area contributed by atoms with Gasteiger partial charge in [0.15, 0.2) is 0 Å². The Labute approximate surface area is 130 Å². The first-order valence-corrected chi connectivity index (χ1v) is 8.35. The van der Waals surface area contributed by atoms with Crippen molar-refractivity contribution < 1.29 is 0 Å². The third-order valence-corrected chi connectivity index (χ3v) is 4.77. The van der Waals surface area contributed by atoms with Crippen LogP contribution in [0.25, 0.3) is 0 Å². The maximum absolute atomic E-state index is 5.77. The summed E-state index contributed by atoms with van der Waals surface area (Å²) in [7, 11) is 2.28. The number of benzene rings is 1. The minimum absolute atomic E-state index is 0.580. The van der Waals surface area contributed by atoms with Crippen molar-refractivity contribution in [2.24, 2.45) is 0 Å². The fourth-order valence-corrected chi connectivity index (χ4v) is 3.20. The zero-order valence-corrected chi connectivity index (χ0v) is 13.9. The SMILES string of the molecule is CC(C)N(CCC1CCCCN1C)Cc1ccc(N)cc1. The highest BCUT2D eigenvalue weighted by atomic mass is 15.2. The molecule has 0 radical (unpaired) electrons. The fourth-order valence-electron chi connectivity index (χ4n) is 3.20. The van der Waals surface area contributed by atoms with Crippen LogP contribution in [-0.2, 0) is 6.54 Å². The molecule has 1 unspecified atom stereocenters. The summed E-state index contributed by atoms with van der Waals surface area (Å²) in [5.41, 5.74) is 7.97. The van der Waals surface area contributed by atoms with Crippen molar-refractivity contribution in [1.29, 1.82) is 0 Å². The van der Waals surface area contributed by atoms with Gasteiger partial charge < -0.3 is 10.6 Å². The van der Waals surface area contributed by atoms with E-state index >= 15 is 0 Å². The standard InChI is InChI=1S/C18H31N3/c1-15(2)21(14-16-7-9-17(19)10-8-16)13-11-18-6-4-5-12-20(18)3/h7-10,15,18H,4-6,11-14,19H2,1-3H3. The zero-order valence-electron chi connectivity index (χ0n) is 13.9. The molecule has 21 heavy (non-hydrogen) atoms. The van der Waals surface area contributed by atoms with Crippen LogP contribution in [0.15, 0.2) is 24.3 Å². The minimum Gasteiger partial charge on any atom is -0.399 e. The molecule has 0 bridgehead atoms. The van der Waals surface area contributed by atoms with E-state index in [9.17, 15) is 0 Å². The van der Waals surface area contributed by atoms with Crippen molar-refractivity contribution in [2.45, 2.75) is 58.2 Å². The van der Waals surface area contributed by atoms with Gasteiger partial charge in [0.25, 0.3) is 0 Å². The number of nitrogens with zero attached hydrogens (tertiary/aromatic N) is 2. The molecule has 0 aromatic heterocycles. The molecule has 118 valence electrons. The lowest BCUT2D eigenvalue weighted by atomic mass is 9.99. The Morgan fingerprint density at radius 3 is 2.57 bits per heavy atom. The van der Waals surface area contributed by atoms with Crippen LogP contribution in [0, 0.1) is 0 Å². The smallest absolute Gasteiger partial charge is 0.0314 e. The molecule has 3 nitrogen and oxygen atoms in total. The predicted molar refractivity (Wildman–Crippen MR) is 91.3 cm³/mol. The second-order valence-electron chi connectivity index (χ2n) is 6.72. The van der Waals surface area contributed by atoms with Gasteiger partial charge in [-0.2, -0.15) is 0 Å². The summed E-state index contributed by atoms with van der Waals surface area (Å²) in [6.07, 6.45) is 5.41. The van der Waals surface area contributed by atoms with Crippen LogP contribution in [0.4, 0.5) is 5.69 Å². The van der Waals surface area contributed by atoms with Gasteiger partial charge in [0.2, 0.25) is 0 Å². The number of piperidine rings is 1. The first kappa shape index (κ1) is 16.3. The summed E-state index contributed by atoms with van der Waals surface area (Å²) >= 11 is 0. The Bertz CT molecular complexity index is 413. The summed E-state index contributed by atoms with van der Waals surface area (Å²) in [6.45, 7) is 8.06. The van der Waals surface area contributed by atoms with Crippen molar-refractivity contribution >= 4 is 5.69 Å². The average Bonchev–Trinajstić information content (AvgIpc) is 2.46. The molecule has 3 heteroatoms. The summed E-state index contributed by atoms with van der Waals surface area (Å²) in [5.74, 6) is 0. The normalized spacial score (nSPS) is 20.3. The molecule has 1 fully saturated rings. The van der Waals surface area contributed by atoms with Crippen LogP contribution in [0.1, 0.15) is 45.1 Å². The van der Waals surface area contributed by atoms with Crippen molar-refractivity contribution in [2.75, 3.05) is 25.9 Å². The maximum Gasteiger partial charge on any atom is 0.0314 e. The Kier molecular flexibility index (Phi) is 6.07. The van der Waals surface area contributed by atoms with Crippen molar-refractivity contribution in [1.82, 2.24) is 9.80 Å². The van der Waals surface area contributed by atoms with Gasteiger partial charge in [-0.3, -0.25) is 4.90 Å². The lowest BCUT2D eigenvalue weighted by Crippen LogP contribution is -2.40. The number of anilines is 1. The van der Waals surface area contributed by atoms with Crippen molar-refractivity contribution in [3.05, 3.63) is 29.8 Å². The molecule has 1 saturated heterocycles. The molecule has 0 spiro atoms. The van der Waals surface area contributed by atoms with Gasteiger partial charge in [-0.15, -0.1) is 0 Å². The molecular formula is C18H31N3. The van der Waals surface area contributed by atoms with Gasteiger partial charge in [0.05, 0.1) is 0 Å². The summed E-state index contributed by atoms with van der Waals surface area (Å²) < 4.78 is 0. The molecule has 1 atom stereocenters. The molecule has 1 aromatic rings. The molecule has 1 aliphatic rings. The average molecular weight is 289 g/mol. The second-order valence-corrected chi connectivity index (χ2v) is 6.72. The molecule has 0 amide bonds. The number of nitrogen functional groups attached to an aromatic ring is 1. The van der Waals surface area contributed by atoms with E-state index in [1.807, 2.05) is 12.1 Å². The first-order chi connectivity index (χ1) is 10.1. The number of rotatable bonds is 6. The van der Waals surface area contributed by atoms with Crippen LogP contribution >= 0.6 is 0 Å². The van der Waals surface area contributed by atoms with Crippen LogP contribution in [0.2, 0.25) is 0 Å². The molecule has 1 heterocycles. The van der Waals surface area contributed by atoms with Gasteiger partial charge in [0, 0.05) is 30.9 Å². The number of hydrogen-bond acceptors (Lipinski definition) is 3. The van der Waals surface area contributed by atoms with E-state index in [-0.39, 0.29) is 0 Å². The highest BCUT2D eigenvalue weighted by Crippen LogP contribution is 2.19. The second kappa shape index (κ2) is 7.81. The van der Waals surface area contributed by atoms with Crippen LogP contribution in [0.3, 0.4) is 0 Å². The van der Waals surface area contributed by atoms with Gasteiger partial charge in [0.1, 0.15) is 0 Å².